The molecule has 1 aliphatic rings. The Hall–Kier alpha value is -1.24. The first-order chi connectivity index (χ1) is 9.24. The second kappa shape index (κ2) is 6.79. The van der Waals surface area contributed by atoms with Gasteiger partial charge in [-0.3, -0.25) is 0 Å². The Morgan fingerprint density at radius 1 is 1.42 bits per heavy atom. The maximum absolute atomic E-state index is 9.25. The Morgan fingerprint density at radius 2 is 2.16 bits per heavy atom. The maximum Gasteiger partial charge on any atom is 0.101 e. The van der Waals surface area contributed by atoms with Gasteiger partial charge in [0.25, 0.3) is 0 Å². The first-order valence-corrected chi connectivity index (χ1v) is 7.16. The van der Waals surface area contributed by atoms with Crippen molar-refractivity contribution in [1.82, 2.24) is 0 Å². The quantitative estimate of drug-likeness (QED) is 0.794. The summed E-state index contributed by atoms with van der Waals surface area (Å²) in [6.07, 6.45) is 2.21. The van der Waals surface area contributed by atoms with Gasteiger partial charge in [0.1, 0.15) is 6.07 Å². The minimum atomic E-state index is 0.443. The Balaban J connectivity index is 2.09. The second-order valence-electron chi connectivity index (χ2n) is 5.03. The number of nitrogens with zero attached hydrogens (tertiary/aromatic N) is 2. The van der Waals surface area contributed by atoms with Crippen LogP contribution in [-0.4, -0.2) is 26.8 Å². The molecule has 0 saturated carbocycles. The van der Waals surface area contributed by atoms with Crippen LogP contribution >= 0.6 is 11.6 Å². The van der Waals surface area contributed by atoms with E-state index in [4.69, 9.17) is 16.3 Å². The van der Waals surface area contributed by atoms with Crippen molar-refractivity contribution in [2.75, 3.05) is 31.7 Å². The normalized spacial score (nSPS) is 16.1. The smallest absolute Gasteiger partial charge is 0.101 e. The molecule has 0 bridgehead atoms. The molecule has 4 heteroatoms. The third-order valence-corrected chi connectivity index (χ3v) is 3.93. The molecule has 1 heterocycles. The van der Waals surface area contributed by atoms with E-state index in [1.54, 1.807) is 0 Å². The van der Waals surface area contributed by atoms with E-state index in [1.807, 2.05) is 25.2 Å². The van der Waals surface area contributed by atoms with Crippen molar-refractivity contribution in [3.05, 3.63) is 29.3 Å². The molecule has 0 N–H and O–H groups in total. The number of ether oxygens (including phenoxy) is 1. The topological polar surface area (TPSA) is 36.3 Å². The van der Waals surface area contributed by atoms with Crippen molar-refractivity contribution >= 4 is 17.3 Å². The van der Waals surface area contributed by atoms with Gasteiger partial charge in [0, 0.05) is 32.7 Å². The van der Waals surface area contributed by atoms with Gasteiger partial charge in [-0.1, -0.05) is 6.07 Å². The van der Waals surface area contributed by atoms with E-state index in [0.29, 0.717) is 17.4 Å². The average molecular weight is 279 g/mol. The van der Waals surface area contributed by atoms with Crippen LogP contribution in [0.3, 0.4) is 0 Å². The van der Waals surface area contributed by atoms with E-state index in [9.17, 15) is 5.26 Å². The van der Waals surface area contributed by atoms with Gasteiger partial charge in [-0.25, -0.2) is 0 Å². The fourth-order valence-corrected chi connectivity index (χ4v) is 2.67. The van der Waals surface area contributed by atoms with Gasteiger partial charge in [-0.15, -0.1) is 11.6 Å². The molecule has 0 aromatic heterocycles. The number of alkyl halides is 1. The fourth-order valence-electron chi connectivity index (χ4n) is 2.50. The summed E-state index contributed by atoms with van der Waals surface area (Å²) in [7, 11) is 2.05. The largest absolute Gasteiger partial charge is 0.381 e. The Kier molecular flexibility index (Phi) is 5.07. The third-order valence-electron chi connectivity index (χ3n) is 3.62. The number of rotatable bonds is 4. The highest BCUT2D eigenvalue weighted by Gasteiger charge is 2.17. The molecule has 2 rings (SSSR count). The highest BCUT2D eigenvalue weighted by molar-refractivity contribution is 6.17. The van der Waals surface area contributed by atoms with Crippen molar-refractivity contribution in [2.24, 2.45) is 5.92 Å². The van der Waals surface area contributed by atoms with Crippen molar-refractivity contribution in [2.45, 2.75) is 18.7 Å². The summed E-state index contributed by atoms with van der Waals surface area (Å²) in [6, 6.07) is 8.13. The van der Waals surface area contributed by atoms with E-state index < -0.39 is 0 Å². The van der Waals surface area contributed by atoms with Crippen molar-refractivity contribution < 1.29 is 4.74 Å². The Morgan fingerprint density at radius 3 is 2.79 bits per heavy atom. The third kappa shape index (κ3) is 3.62. The van der Waals surface area contributed by atoms with Crippen LogP contribution in [0.25, 0.3) is 0 Å². The molecule has 0 atom stereocenters. The highest BCUT2D eigenvalue weighted by atomic mass is 35.5. The molecule has 102 valence electrons. The summed E-state index contributed by atoms with van der Waals surface area (Å²) in [5.74, 6) is 1.09. The van der Waals surface area contributed by atoms with E-state index in [1.165, 1.54) is 0 Å². The van der Waals surface area contributed by atoms with Gasteiger partial charge in [0.15, 0.2) is 0 Å². The maximum atomic E-state index is 9.25. The lowest BCUT2D eigenvalue weighted by Crippen LogP contribution is -2.30. The summed E-state index contributed by atoms with van der Waals surface area (Å²) >= 11 is 5.81. The van der Waals surface area contributed by atoms with Gasteiger partial charge >= 0.3 is 0 Å². The molecule has 0 unspecified atom stereocenters. The minimum absolute atomic E-state index is 0.443. The zero-order chi connectivity index (χ0) is 13.7. The van der Waals surface area contributed by atoms with Crippen molar-refractivity contribution in [3.8, 4) is 6.07 Å². The zero-order valence-electron chi connectivity index (χ0n) is 11.2. The Labute approximate surface area is 119 Å². The zero-order valence-corrected chi connectivity index (χ0v) is 12.0. The van der Waals surface area contributed by atoms with E-state index in [0.717, 1.165) is 43.9 Å². The molecule has 0 radical (unpaired) electrons. The van der Waals surface area contributed by atoms with Crippen LogP contribution < -0.4 is 4.90 Å². The number of benzene rings is 1. The van der Waals surface area contributed by atoms with Gasteiger partial charge in [0.05, 0.1) is 11.3 Å². The lowest BCUT2D eigenvalue weighted by Gasteiger charge is -2.29. The fraction of sp³-hybridized carbons (Fsp3) is 0.533. The monoisotopic (exact) mass is 278 g/mol. The lowest BCUT2D eigenvalue weighted by molar-refractivity contribution is 0.0685. The molecule has 0 spiro atoms. The van der Waals surface area contributed by atoms with Crippen LogP contribution in [0, 0.1) is 17.2 Å². The van der Waals surface area contributed by atoms with Crippen LogP contribution in [0.4, 0.5) is 5.69 Å². The summed E-state index contributed by atoms with van der Waals surface area (Å²) in [5.41, 5.74) is 2.68. The minimum Gasteiger partial charge on any atom is -0.381 e. The predicted molar refractivity (Wildman–Crippen MR) is 77.5 cm³/mol. The molecule has 0 aliphatic carbocycles. The van der Waals surface area contributed by atoms with Crippen LogP contribution in [0.5, 0.6) is 0 Å². The predicted octanol–water partition coefficient (Wildman–Crippen LogP) is 3.16. The number of anilines is 1. The molecule has 1 fully saturated rings. The van der Waals surface area contributed by atoms with E-state index in [-0.39, 0.29) is 0 Å². The molecule has 1 saturated heterocycles. The van der Waals surface area contributed by atoms with E-state index in [2.05, 4.69) is 11.0 Å². The lowest BCUT2D eigenvalue weighted by atomic mass is 9.99. The van der Waals surface area contributed by atoms with Crippen LogP contribution in [-0.2, 0) is 10.6 Å². The van der Waals surface area contributed by atoms with Gasteiger partial charge in [-0.2, -0.15) is 5.26 Å². The van der Waals surface area contributed by atoms with E-state index >= 15 is 0 Å². The number of hydrogen-bond acceptors (Lipinski definition) is 3. The first-order valence-electron chi connectivity index (χ1n) is 6.62. The summed E-state index contributed by atoms with van der Waals surface area (Å²) < 4.78 is 5.38. The molecular formula is C15H19ClN2O. The SMILES string of the molecule is CN(CC1CCOCC1)c1ccc(CCl)cc1C#N. The van der Waals surface area contributed by atoms with Crippen LogP contribution in [0.2, 0.25) is 0 Å². The molecule has 19 heavy (non-hydrogen) atoms. The molecule has 1 aromatic rings. The van der Waals surface area contributed by atoms with Crippen molar-refractivity contribution in [1.29, 1.82) is 5.26 Å². The summed E-state index contributed by atoms with van der Waals surface area (Å²) in [4.78, 5) is 2.17. The Bertz CT molecular complexity index is 464. The first kappa shape index (κ1) is 14.2. The highest BCUT2D eigenvalue weighted by Crippen LogP contribution is 2.24. The summed E-state index contributed by atoms with van der Waals surface area (Å²) in [6.45, 7) is 2.68. The van der Waals surface area contributed by atoms with Crippen LogP contribution in [0.1, 0.15) is 24.0 Å². The second-order valence-corrected chi connectivity index (χ2v) is 5.30. The number of hydrogen-bond donors (Lipinski definition) is 0. The molecule has 1 aliphatic heterocycles. The van der Waals surface area contributed by atoms with Crippen molar-refractivity contribution in [3.63, 3.8) is 0 Å². The molecule has 0 amide bonds. The molecular weight excluding hydrogens is 260 g/mol. The average Bonchev–Trinajstić information content (AvgIpc) is 2.47. The standard InChI is InChI=1S/C15H19ClN2O/c1-18(11-12-4-6-19-7-5-12)15-3-2-13(9-16)8-14(15)10-17/h2-3,8,12H,4-7,9,11H2,1H3. The number of halogens is 1. The van der Waals surface area contributed by atoms with Gasteiger partial charge < -0.3 is 9.64 Å². The molecule has 3 nitrogen and oxygen atoms in total. The van der Waals surface area contributed by atoms with Crippen LogP contribution in [0.15, 0.2) is 18.2 Å². The van der Waals surface area contributed by atoms with Gasteiger partial charge in [-0.05, 0) is 36.5 Å². The number of nitriles is 1. The molecule has 1 aromatic carbocycles. The van der Waals surface area contributed by atoms with Gasteiger partial charge in [0.2, 0.25) is 0 Å². The summed E-state index contributed by atoms with van der Waals surface area (Å²) in [5, 5.41) is 9.25.